The van der Waals surface area contributed by atoms with E-state index in [1.54, 1.807) is 18.3 Å². The van der Waals surface area contributed by atoms with Gasteiger partial charge in [0.15, 0.2) is 5.65 Å². The van der Waals surface area contributed by atoms with Crippen molar-refractivity contribution in [3.8, 4) is 16.5 Å². The Bertz CT molecular complexity index is 1310. The van der Waals surface area contributed by atoms with Crippen LogP contribution < -0.4 is 15.4 Å². The molecule has 1 aliphatic heterocycles. The number of nitrogens with one attached hydrogen (secondary N) is 1. The van der Waals surface area contributed by atoms with Crippen LogP contribution in [0, 0.1) is 11.3 Å². The van der Waals surface area contributed by atoms with E-state index in [0.717, 1.165) is 40.6 Å². The maximum Gasteiger partial charge on any atom is 0.272 e. The first kappa shape index (κ1) is 17.5. The Morgan fingerprint density at radius 2 is 2.07 bits per heavy atom. The number of hydrogen-bond acceptors (Lipinski definition) is 6. The normalized spacial score (nSPS) is 13.5. The summed E-state index contributed by atoms with van der Waals surface area (Å²) < 4.78 is 1.43. The summed E-state index contributed by atoms with van der Waals surface area (Å²) in [6.45, 7) is 2.30. The fourth-order valence-electron chi connectivity index (χ4n) is 3.74. The average Bonchev–Trinajstić information content (AvgIpc) is 3.39. The van der Waals surface area contributed by atoms with E-state index in [2.05, 4.69) is 51.2 Å². The van der Waals surface area contributed by atoms with Gasteiger partial charge in [-0.3, -0.25) is 9.89 Å². The molecule has 3 aromatic heterocycles. The Labute approximate surface area is 171 Å². The zero-order chi connectivity index (χ0) is 20.0. The molecule has 1 N–H and O–H groups in total. The van der Waals surface area contributed by atoms with Gasteiger partial charge < -0.3 is 9.80 Å². The third-order valence-electron chi connectivity index (χ3n) is 5.22. The van der Waals surface area contributed by atoms with Gasteiger partial charge in [0.2, 0.25) is 0 Å². The van der Waals surface area contributed by atoms with Crippen LogP contribution in [0.3, 0.4) is 0 Å². The minimum atomic E-state index is -0.110. The molecule has 0 atom stereocenters. The Morgan fingerprint density at radius 3 is 2.90 bits per heavy atom. The van der Waals surface area contributed by atoms with Crippen molar-refractivity contribution < 1.29 is 0 Å². The molecule has 4 aromatic rings. The smallest absolute Gasteiger partial charge is 0.272 e. The van der Waals surface area contributed by atoms with Crippen LogP contribution >= 0.6 is 11.3 Å². The van der Waals surface area contributed by atoms with Crippen LogP contribution in [0.4, 0.5) is 11.4 Å². The molecule has 0 aliphatic carbocycles. The summed E-state index contributed by atoms with van der Waals surface area (Å²) in [6, 6.07) is 15.8. The summed E-state index contributed by atoms with van der Waals surface area (Å²) >= 11 is 1.49. The highest BCUT2D eigenvalue weighted by Gasteiger charge is 2.22. The largest absolute Gasteiger partial charge is 0.371 e. The average molecular weight is 402 g/mol. The SMILES string of the molecule is CN1CCN(Cc2cc(=O)n3[nH]ccc3n2)c2cc(-c3ccc(C#N)s3)ccc21. The van der Waals surface area contributed by atoms with Crippen LogP contribution in [-0.4, -0.2) is 34.7 Å². The van der Waals surface area contributed by atoms with Gasteiger partial charge in [0.1, 0.15) is 10.9 Å². The molecule has 29 heavy (non-hydrogen) atoms. The highest BCUT2D eigenvalue weighted by Crippen LogP contribution is 2.38. The predicted molar refractivity (Wildman–Crippen MR) is 115 cm³/mol. The molecule has 0 unspecified atom stereocenters. The first-order chi connectivity index (χ1) is 14.1. The number of likely N-dealkylation sites (N-methyl/N-ethyl adjacent to an activating group) is 1. The Kier molecular flexibility index (Phi) is 4.11. The van der Waals surface area contributed by atoms with Crippen LogP contribution in [0.15, 0.2) is 53.5 Å². The van der Waals surface area contributed by atoms with Crippen LogP contribution in [0.25, 0.3) is 16.1 Å². The molecule has 0 radical (unpaired) electrons. The minimum absolute atomic E-state index is 0.110. The van der Waals surface area contributed by atoms with E-state index < -0.39 is 0 Å². The molecule has 1 aliphatic rings. The quantitative estimate of drug-likeness (QED) is 0.570. The van der Waals surface area contributed by atoms with E-state index in [1.807, 2.05) is 12.1 Å². The highest BCUT2D eigenvalue weighted by atomic mass is 32.1. The molecular weight excluding hydrogens is 384 g/mol. The number of thiophene rings is 1. The Hall–Kier alpha value is -3.57. The fraction of sp³-hybridized carbons (Fsp3) is 0.190. The zero-order valence-corrected chi connectivity index (χ0v) is 16.6. The first-order valence-corrected chi connectivity index (χ1v) is 10.1. The molecule has 5 rings (SSSR count). The zero-order valence-electron chi connectivity index (χ0n) is 15.8. The molecule has 1 aromatic carbocycles. The van der Waals surface area contributed by atoms with Gasteiger partial charge in [0, 0.05) is 43.3 Å². The molecule has 0 saturated carbocycles. The van der Waals surface area contributed by atoms with Gasteiger partial charge in [0.05, 0.1) is 23.6 Å². The summed E-state index contributed by atoms with van der Waals surface area (Å²) in [6.07, 6.45) is 1.71. The Morgan fingerprint density at radius 1 is 1.17 bits per heavy atom. The minimum Gasteiger partial charge on any atom is -0.371 e. The van der Waals surface area contributed by atoms with Crippen LogP contribution in [0.5, 0.6) is 0 Å². The van der Waals surface area contributed by atoms with Crippen molar-refractivity contribution in [3.63, 3.8) is 0 Å². The number of rotatable bonds is 3. The van der Waals surface area contributed by atoms with E-state index in [4.69, 9.17) is 5.26 Å². The topological polar surface area (TPSA) is 80.4 Å². The number of H-pyrrole nitrogens is 1. The van der Waals surface area contributed by atoms with Crippen molar-refractivity contribution in [2.45, 2.75) is 6.54 Å². The molecule has 4 heterocycles. The molecular formula is C21H18N6OS. The lowest BCUT2D eigenvalue weighted by Crippen LogP contribution is -2.39. The summed E-state index contributed by atoms with van der Waals surface area (Å²) in [5.41, 5.74) is 4.61. The number of fused-ring (bicyclic) bond motifs is 2. The molecule has 0 bridgehead atoms. The van der Waals surface area contributed by atoms with E-state index in [-0.39, 0.29) is 5.56 Å². The molecule has 0 spiro atoms. The van der Waals surface area contributed by atoms with E-state index in [1.165, 1.54) is 15.9 Å². The molecule has 8 heteroatoms. The van der Waals surface area contributed by atoms with Crippen molar-refractivity contribution in [2.24, 2.45) is 0 Å². The van der Waals surface area contributed by atoms with E-state index in [0.29, 0.717) is 17.1 Å². The fourth-order valence-corrected chi connectivity index (χ4v) is 4.54. The molecule has 144 valence electrons. The third kappa shape index (κ3) is 3.05. The number of nitrogens with zero attached hydrogens (tertiary/aromatic N) is 5. The monoisotopic (exact) mass is 402 g/mol. The van der Waals surface area contributed by atoms with E-state index >= 15 is 0 Å². The molecule has 0 fully saturated rings. The van der Waals surface area contributed by atoms with Gasteiger partial charge in [-0.15, -0.1) is 11.3 Å². The van der Waals surface area contributed by atoms with Crippen LogP contribution in [-0.2, 0) is 6.54 Å². The van der Waals surface area contributed by atoms with Crippen LogP contribution in [0.2, 0.25) is 0 Å². The lowest BCUT2D eigenvalue weighted by atomic mass is 10.1. The van der Waals surface area contributed by atoms with Crippen molar-refractivity contribution in [1.29, 1.82) is 5.26 Å². The van der Waals surface area contributed by atoms with Crippen LogP contribution in [0.1, 0.15) is 10.6 Å². The summed E-state index contributed by atoms with van der Waals surface area (Å²) in [7, 11) is 2.09. The number of aromatic nitrogens is 3. The second kappa shape index (κ2) is 6.79. The maximum atomic E-state index is 12.3. The highest BCUT2D eigenvalue weighted by molar-refractivity contribution is 7.16. The Balaban J connectivity index is 1.53. The second-order valence-electron chi connectivity index (χ2n) is 7.06. The summed E-state index contributed by atoms with van der Waals surface area (Å²) in [5, 5.41) is 12.0. The summed E-state index contributed by atoms with van der Waals surface area (Å²) in [4.78, 5) is 23.2. The van der Waals surface area contributed by atoms with Crippen molar-refractivity contribution in [2.75, 3.05) is 29.9 Å². The second-order valence-corrected chi connectivity index (χ2v) is 8.15. The number of aromatic amines is 1. The van der Waals surface area contributed by atoms with Gasteiger partial charge in [-0.25, -0.2) is 9.50 Å². The summed E-state index contributed by atoms with van der Waals surface area (Å²) in [5.74, 6) is 0. The maximum absolute atomic E-state index is 12.3. The van der Waals surface area contributed by atoms with Crippen molar-refractivity contribution >= 4 is 28.4 Å². The third-order valence-corrected chi connectivity index (χ3v) is 6.26. The molecule has 0 saturated heterocycles. The van der Waals surface area contributed by atoms with Gasteiger partial charge in [-0.05, 0) is 29.8 Å². The standard InChI is InChI=1S/C21H18N6OS/c1-25-8-9-26(13-15-11-21(28)27-20(24-15)6-7-23-27)18-10-14(2-4-17(18)25)19-5-3-16(12-22)29-19/h2-7,10-11,23H,8-9,13H2,1H3. The lowest BCUT2D eigenvalue weighted by Gasteiger charge is -2.37. The molecule has 7 nitrogen and oxygen atoms in total. The lowest BCUT2D eigenvalue weighted by molar-refractivity contribution is 0.722. The number of anilines is 2. The van der Waals surface area contributed by atoms with Gasteiger partial charge >= 0.3 is 0 Å². The number of benzene rings is 1. The first-order valence-electron chi connectivity index (χ1n) is 9.29. The number of nitriles is 1. The van der Waals surface area contributed by atoms with Crippen molar-refractivity contribution in [1.82, 2.24) is 14.6 Å². The van der Waals surface area contributed by atoms with Gasteiger partial charge in [0.25, 0.3) is 5.56 Å². The predicted octanol–water partition coefficient (Wildman–Crippen LogP) is 3.08. The van der Waals surface area contributed by atoms with Gasteiger partial charge in [-0.2, -0.15) is 5.26 Å². The number of hydrogen-bond donors (Lipinski definition) is 1. The molecule has 0 amide bonds. The van der Waals surface area contributed by atoms with E-state index in [9.17, 15) is 4.79 Å². The van der Waals surface area contributed by atoms with Crippen molar-refractivity contribution in [3.05, 3.63) is 69.6 Å². The van der Waals surface area contributed by atoms with Gasteiger partial charge in [-0.1, -0.05) is 6.07 Å².